The summed E-state index contributed by atoms with van der Waals surface area (Å²) in [5, 5.41) is 17.2. The van der Waals surface area contributed by atoms with Gasteiger partial charge in [-0.2, -0.15) is 5.10 Å². The highest BCUT2D eigenvalue weighted by molar-refractivity contribution is 5.92. The molecule has 0 saturated carbocycles. The molecule has 1 aliphatic rings. The normalized spacial score (nSPS) is 20.3. The molecule has 0 radical (unpaired) electrons. The summed E-state index contributed by atoms with van der Waals surface area (Å²) in [6, 6.07) is 7.46. The van der Waals surface area contributed by atoms with E-state index in [1.165, 1.54) is 6.08 Å². The van der Waals surface area contributed by atoms with E-state index >= 15 is 0 Å². The van der Waals surface area contributed by atoms with Gasteiger partial charge in [0.05, 0.1) is 18.3 Å². The summed E-state index contributed by atoms with van der Waals surface area (Å²) in [4.78, 5) is 12.1. The van der Waals surface area contributed by atoms with Crippen molar-refractivity contribution in [3.63, 3.8) is 0 Å². The van der Waals surface area contributed by atoms with Crippen LogP contribution < -0.4 is 5.32 Å². The third-order valence-corrected chi connectivity index (χ3v) is 4.19. The zero-order valence-corrected chi connectivity index (χ0v) is 12.7. The highest BCUT2D eigenvalue weighted by Crippen LogP contribution is 2.31. The van der Waals surface area contributed by atoms with Crippen molar-refractivity contribution in [3.8, 4) is 0 Å². The van der Waals surface area contributed by atoms with Gasteiger partial charge in [0, 0.05) is 30.8 Å². The number of carbonyl (C=O) groups excluding carboxylic acids is 1. The number of benzene rings is 1. The van der Waals surface area contributed by atoms with Crippen molar-refractivity contribution in [2.24, 2.45) is 7.05 Å². The summed E-state index contributed by atoms with van der Waals surface area (Å²) in [6.45, 7) is 1.95. The fraction of sp³-hybridized carbons (Fsp3) is 0.294. The van der Waals surface area contributed by atoms with Gasteiger partial charge in [-0.05, 0) is 24.1 Å². The number of rotatable bonds is 3. The highest BCUT2D eigenvalue weighted by atomic mass is 16.3. The summed E-state index contributed by atoms with van der Waals surface area (Å²) in [7, 11) is 1.86. The van der Waals surface area contributed by atoms with E-state index in [0.29, 0.717) is 6.42 Å². The van der Waals surface area contributed by atoms with E-state index in [1.54, 1.807) is 17.0 Å². The molecule has 0 fully saturated rings. The highest BCUT2D eigenvalue weighted by Gasteiger charge is 2.31. The van der Waals surface area contributed by atoms with E-state index in [0.717, 1.165) is 22.4 Å². The lowest BCUT2D eigenvalue weighted by Gasteiger charge is -2.16. The Morgan fingerprint density at radius 2 is 2.23 bits per heavy atom. The molecule has 2 atom stereocenters. The van der Waals surface area contributed by atoms with Crippen molar-refractivity contribution in [2.45, 2.75) is 25.5 Å². The number of fused-ring (bicyclic) bond motifs is 1. The molecule has 0 bridgehead atoms. The van der Waals surface area contributed by atoms with Gasteiger partial charge in [-0.25, -0.2) is 0 Å². The zero-order chi connectivity index (χ0) is 15.7. The first-order valence-electron chi connectivity index (χ1n) is 7.29. The number of aliphatic hydroxyl groups excluding tert-OH is 1. The van der Waals surface area contributed by atoms with Crippen LogP contribution in [0.2, 0.25) is 0 Å². The third kappa shape index (κ3) is 2.67. The molecule has 3 rings (SSSR count). The second-order valence-corrected chi connectivity index (χ2v) is 5.60. The quantitative estimate of drug-likeness (QED) is 0.844. The minimum absolute atomic E-state index is 0.219. The summed E-state index contributed by atoms with van der Waals surface area (Å²) in [5.41, 5.74) is 3.99. The van der Waals surface area contributed by atoms with Crippen LogP contribution in [0.1, 0.15) is 28.4 Å². The van der Waals surface area contributed by atoms with Crippen molar-refractivity contribution in [2.75, 3.05) is 0 Å². The van der Waals surface area contributed by atoms with Gasteiger partial charge < -0.3 is 10.4 Å². The molecule has 5 heteroatoms. The Kier molecular flexibility index (Phi) is 3.81. The number of aliphatic hydroxyl groups is 1. The lowest BCUT2D eigenvalue weighted by molar-refractivity contribution is -0.117. The van der Waals surface area contributed by atoms with Crippen LogP contribution in [-0.4, -0.2) is 26.9 Å². The van der Waals surface area contributed by atoms with Gasteiger partial charge in [0.1, 0.15) is 0 Å². The van der Waals surface area contributed by atoms with Crippen molar-refractivity contribution in [1.82, 2.24) is 15.1 Å². The van der Waals surface area contributed by atoms with E-state index in [-0.39, 0.29) is 11.9 Å². The monoisotopic (exact) mass is 297 g/mol. The SMILES string of the molecule is Cc1c(/C=C/C(=O)N[C@@H]2c3ccccc3C[C@@H]2O)cnn1C. The first-order chi connectivity index (χ1) is 10.6. The lowest BCUT2D eigenvalue weighted by atomic mass is 10.1. The predicted molar refractivity (Wildman–Crippen MR) is 84.0 cm³/mol. The Bertz CT molecular complexity index is 733. The van der Waals surface area contributed by atoms with Crippen LogP contribution in [0.3, 0.4) is 0 Å². The Hall–Kier alpha value is -2.40. The number of hydrogen-bond acceptors (Lipinski definition) is 3. The third-order valence-electron chi connectivity index (χ3n) is 4.19. The molecule has 0 spiro atoms. The smallest absolute Gasteiger partial charge is 0.244 e. The maximum atomic E-state index is 12.1. The molecule has 0 saturated heterocycles. The fourth-order valence-corrected chi connectivity index (χ4v) is 2.79. The van der Waals surface area contributed by atoms with Gasteiger partial charge in [-0.1, -0.05) is 24.3 Å². The number of hydrogen-bond donors (Lipinski definition) is 2. The summed E-state index contributed by atoms with van der Waals surface area (Å²) in [5.74, 6) is -0.219. The largest absolute Gasteiger partial charge is 0.390 e. The van der Waals surface area contributed by atoms with Crippen molar-refractivity contribution in [1.29, 1.82) is 0 Å². The van der Waals surface area contributed by atoms with Gasteiger partial charge in [-0.15, -0.1) is 0 Å². The van der Waals surface area contributed by atoms with Crippen molar-refractivity contribution < 1.29 is 9.90 Å². The first-order valence-corrected chi connectivity index (χ1v) is 7.29. The molecule has 1 aromatic carbocycles. The Morgan fingerprint density at radius 3 is 2.95 bits per heavy atom. The second-order valence-electron chi connectivity index (χ2n) is 5.60. The summed E-state index contributed by atoms with van der Waals surface area (Å²) >= 11 is 0. The zero-order valence-electron chi connectivity index (χ0n) is 12.7. The number of amides is 1. The van der Waals surface area contributed by atoms with Crippen LogP contribution in [0, 0.1) is 6.92 Å². The molecule has 5 nitrogen and oxygen atoms in total. The molecule has 1 amide bonds. The lowest BCUT2D eigenvalue weighted by Crippen LogP contribution is -2.32. The maximum Gasteiger partial charge on any atom is 0.244 e. The van der Waals surface area contributed by atoms with Crippen LogP contribution in [0.25, 0.3) is 6.08 Å². The second kappa shape index (κ2) is 5.77. The Labute approximate surface area is 129 Å². The Morgan fingerprint density at radius 1 is 1.45 bits per heavy atom. The van der Waals surface area contributed by atoms with Crippen molar-refractivity contribution in [3.05, 3.63) is 58.9 Å². The molecule has 1 heterocycles. The van der Waals surface area contributed by atoms with Gasteiger partial charge in [0.25, 0.3) is 0 Å². The van der Waals surface area contributed by atoms with Crippen LogP contribution in [0.4, 0.5) is 0 Å². The number of aromatic nitrogens is 2. The van der Waals surface area contributed by atoms with Gasteiger partial charge >= 0.3 is 0 Å². The number of nitrogens with one attached hydrogen (secondary N) is 1. The number of nitrogens with zero attached hydrogens (tertiary/aromatic N) is 2. The summed E-state index contributed by atoms with van der Waals surface area (Å²) < 4.78 is 1.76. The molecule has 1 aromatic heterocycles. The molecular formula is C17H19N3O2. The van der Waals surface area contributed by atoms with Crippen LogP contribution in [-0.2, 0) is 18.3 Å². The molecule has 2 aromatic rings. The standard InChI is InChI=1S/C17H19N3O2/c1-11-13(10-18-20(11)2)7-8-16(22)19-17-14-6-4-3-5-12(14)9-15(17)21/h3-8,10,15,17,21H,9H2,1-2H3,(H,19,22)/b8-7+/t15-,17+/m0/s1. The minimum atomic E-state index is -0.574. The van der Waals surface area contributed by atoms with E-state index in [1.807, 2.05) is 38.2 Å². The van der Waals surface area contributed by atoms with E-state index in [4.69, 9.17) is 0 Å². The molecule has 22 heavy (non-hydrogen) atoms. The molecule has 114 valence electrons. The average molecular weight is 297 g/mol. The number of aryl methyl sites for hydroxylation is 1. The summed E-state index contributed by atoms with van der Waals surface area (Å²) in [6.07, 6.45) is 4.95. The van der Waals surface area contributed by atoms with E-state index in [9.17, 15) is 9.90 Å². The topological polar surface area (TPSA) is 67.2 Å². The molecule has 2 N–H and O–H groups in total. The first kappa shape index (κ1) is 14.5. The van der Waals surface area contributed by atoms with Crippen LogP contribution in [0.15, 0.2) is 36.5 Å². The fourth-order valence-electron chi connectivity index (χ4n) is 2.79. The molecule has 1 aliphatic carbocycles. The molecule has 0 aliphatic heterocycles. The van der Waals surface area contributed by atoms with E-state index < -0.39 is 6.10 Å². The van der Waals surface area contributed by atoms with Crippen LogP contribution >= 0.6 is 0 Å². The predicted octanol–water partition coefficient (Wildman–Crippen LogP) is 1.52. The van der Waals surface area contributed by atoms with Gasteiger partial charge in [0.15, 0.2) is 0 Å². The van der Waals surface area contributed by atoms with Gasteiger partial charge in [-0.3, -0.25) is 9.48 Å². The maximum absolute atomic E-state index is 12.1. The Balaban J connectivity index is 1.71. The minimum Gasteiger partial charge on any atom is -0.390 e. The molecular weight excluding hydrogens is 278 g/mol. The average Bonchev–Trinajstić information content (AvgIpc) is 2.99. The molecule has 0 unspecified atom stereocenters. The van der Waals surface area contributed by atoms with E-state index in [2.05, 4.69) is 10.4 Å². The van der Waals surface area contributed by atoms with Gasteiger partial charge in [0.2, 0.25) is 5.91 Å². The van der Waals surface area contributed by atoms with Crippen molar-refractivity contribution >= 4 is 12.0 Å². The van der Waals surface area contributed by atoms with Crippen LogP contribution in [0.5, 0.6) is 0 Å². The number of carbonyl (C=O) groups is 1.